The highest BCUT2D eigenvalue weighted by Crippen LogP contribution is 2.30. The van der Waals surface area contributed by atoms with Crippen molar-refractivity contribution in [3.8, 4) is 11.5 Å². The Morgan fingerprint density at radius 2 is 1.00 bits per heavy atom. The lowest BCUT2D eigenvalue weighted by atomic mass is 9.82. The van der Waals surface area contributed by atoms with E-state index in [0.717, 1.165) is 38.5 Å². The lowest BCUT2D eigenvalue weighted by molar-refractivity contribution is -0.129. The quantitative estimate of drug-likeness (QED) is 0.194. The Hall–Kier alpha value is -3.92. The maximum Gasteiger partial charge on any atom is 0.335 e. The molecule has 4 heteroatoms. The number of fused-ring (bicyclic) bond motifs is 1. The van der Waals surface area contributed by atoms with Crippen molar-refractivity contribution in [3.05, 3.63) is 119 Å². The standard InChI is InChI=1S/C32H32O4/c1-3-31(33)35-27-19-11-23(12-20-27)9-15-25-17-18-26(30-8-6-5-7-29(25)30)16-10-24-13-21-28(22-14-24)36-32(34)4-2/h3-4,11-14,17-22H,1-2,5-10,15-16H2. The first-order valence-electron chi connectivity index (χ1n) is 12.5. The lowest BCUT2D eigenvalue weighted by Gasteiger charge is -2.23. The van der Waals surface area contributed by atoms with E-state index in [1.165, 1.54) is 47.2 Å². The van der Waals surface area contributed by atoms with Crippen LogP contribution in [0.1, 0.15) is 46.2 Å². The second-order valence-electron chi connectivity index (χ2n) is 9.09. The number of hydrogen-bond acceptors (Lipinski definition) is 4. The summed E-state index contributed by atoms with van der Waals surface area (Å²) in [6, 6.07) is 20.1. The summed E-state index contributed by atoms with van der Waals surface area (Å²) >= 11 is 0. The molecule has 0 bridgehead atoms. The maximum absolute atomic E-state index is 11.4. The van der Waals surface area contributed by atoms with Crippen molar-refractivity contribution < 1.29 is 19.1 Å². The summed E-state index contributed by atoms with van der Waals surface area (Å²) in [5.74, 6) is 0.191. The fraction of sp³-hybridized carbons (Fsp3) is 0.250. The van der Waals surface area contributed by atoms with E-state index in [4.69, 9.17) is 9.47 Å². The molecule has 0 unspecified atom stereocenters. The fourth-order valence-electron chi connectivity index (χ4n) is 4.81. The van der Waals surface area contributed by atoms with Crippen LogP contribution in [0.2, 0.25) is 0 Å². The van der Waals surface area contributed by atoms with E-state index >= 15 is 0 Å². The third kappa shape index (κ3) is 6.60. The molecule has 0 aromatic heterocycles. The second kappa shape index (κ2) is 12.2. The van der Waals surface area contributed by atoms with Crippen LogP contribution in [0.5, 0.6) is 11.5 Å². The summed E-state index contributed by atoms with van der Waals surface area (Å²) in [7, 11) is 0. The minimum atomic E-state index is -0.444. The van der Waals surface area contributed by atoms with Crippen molar-refractivity contribution in [2.45, 2.75) is 51.4 Å². The molecule has 4 nitrogen and oxygen atoms in total. The Labute approximate surface area is 213 Å². The third-order valence-corrected chi connectivity index (χ3v) is 6.71. The highest BCUT2D eigenvalue weighted by Gasteiger charge is 2.17. The van der Waals surface area contributed by atoms with Gasteiger partial charge in [0.05, 0.1) is 0 Å². The number of carbonyl (C=O) groups is 2. The van der Waals surface area contributed by atoms with Gasteiger partial charge in [-0.1, -0.05) is 49.6 Å². The molecule has 0 saturated heterocycles. The molecular formula is C32H32O4. The molecule has 0 heterocycles. The highest BCUT2D eigenvalue weighted by atomic mass is 16.5. The van der Waals surface area contributed by atoms with E-state index in [0.29, 0.717) is 11.5 Å². The predicted molar refractivity (Wildman–Crippen MR) is 142 cm³/mol. The van der Waals surface area contributed by atoms with Gasteiger partial charge in [-0.25, -0.2) is 9.59 Å². The van der Waals surface area contributed by atoms with Crippen LogP contribution in [0, 0.1) is 0 Å². The summed E-state index contributed by atoms with van der Waals surface area (Å²) < 4.78 is 10.3. The molecule has 36 heavy (non-hydrogen) atoms. The maximum atomic E-state index is 11.4. The van der Waals surface area contributed by atoms with Gasteiger partial charge in [0.1, 0.15) is 11.5 Å². The van der Waals surface area contributed by atoms with Crippen molar-refractivity contribution in [3.63, 3.8) is 0 Å². The van der Waals surface area contributed by atoms with Gasteiger partial charge >= 0.3 is 11.9 Å². The van der Waals surface area contributed by atoms with E-state index in [1.54, 1.807) is 11.1 Å². The number of esters is 2. The van der Waals surface area contributed by atoms with Crippen molar-refractivity contribution in [1.82, 2.24) is 0 Å². The third-order valence-electron chi connectivity index (χ3n) is 6.71. The van der Waals surface area contributed by atoms with Gasteiger partial charge in [-0.3, -0.25) is 0 Å². The summed E-state index contributed by atoms with van der Waals surface area (Å²) in [5.41, 5.74) is 8.44. The van der Waals surface area contributed by atoms with Gasteiger partial charge in [0.15, 0.2) is 0 Å². The Morgan fingerprint density at radius 3 is 1.36 bits per heavy atom. The zero-order chi connectivity index (χ0) is 25.3. The molecule has 0 fully saturated rings. The SMILES string of the molecule is C=CC(=O)Oc1ccc(CCc2ccc(CCc3ccc(OC(=O)C=C)cc3)c3c2CCCC3)cc1. The zero-order valence-corrected chi connectivity index (χ0v) is 20.6. The van der Waals surface area contributed by atoms with Crippen LogP contribution in [0.15, 0.2) is 86.0 Å². The van der Waals surface area contributed by atoms with E-state index in [-0.39, 0.29) is 0 Å². The smallest absolute Gasteiger partial charge is 0.335 e. The molecule has 0 N–H and O–H groups in total. The van der Waals surface area contributed by atoms with Gasteiger partial charge in [0.25, 0.3) is 0 Å². The molecule has 1 aliphatic carbocycles. The molecule has 0 aliphatic heterocycles. The Balaban J connectivity index is 1.40. The number of ether oxygens (including phenoxy) is 2. The van der Waals surface area contributed by atoms with Crippen molar-refractivity contribution in [2.24, 2.45) is 0 Å². The van der Waals surface area contributed by atoms with Crippen LogP contribution in [-0.2, 0) is 48.1 Å². The molecule has 3 aromatic carbocycles. The summed E-state index contributed by atoms with van der Waals surface area (Å²) in [6.45, 7) is 6.86. The zero-order valence-electron chi connectivity index (χ0n) is 20.6. The monoisotopic (exact) mass is 480 g/mol. The molecule has 0 atom stereocenters. The van der Waals surface area contributed by atoms with Gasteiger partial charge in [-0.2, -0.15) is 0 Å². The van der Waals surface area contributed by atoms with Gasteiger partial charge in [-0.05, 0) is 109 Å². The molecular weight excluding hydrogens is 448 g/mol. The molecule has 0 saturated carbocycles. The first-order valence-corrected chi connectivity index (χ1v) is 12.5. The Bertz CT molecular complexity index is 1140. The largest absolute Gasteiger partial charge is 0.423 e. The van der Waals surface area contributed by atoms with Crippen LogP contribution in [0.3, 0.4) is 0 Å². The molecule has 1 aliphatic rings. The van der Waals surface area contributed by atoms with Crippen molar-refractivity contribution >= 4 is 11.9 Å². The van der Waals surface area contributed by atoms with E-state index in [2.05, 4.69) is 25.3 Å². The topological polar surface area (TPSA) is 52.6 Å². The average Bonchev–Trinajstić information content (AvgIpc) is 2.92. The number of hydrogen-bond donors (Lipinski definition) is 0. The van der Waals surface area contributed by atoms with Gasteiger partial charge in [-0.15, -0.1) is 0 Å². The fourth-order valence-corrected chi connectivity index (χ4v) is 4.81. The minimum Gasteiger partial charge on any atom is -0.423 e. The molecule has 0 spiro atoms. The van der Waals surface area contributed by atoms with E-state index in [1.807, 2.05) is 48.5 Å². The van der Waals surface area contributed by atoms with Crippen molar-refractivity contribution in [1.29, 1.82) is 0 Å². The second-order valence-corrected chi connectivity index (χ2v) is 9.09. The van der Waals surface area contributed by atoms with Gasteiger partial charge in [0.2, 0.25) is 0 Å². The number of benzene rings is 3. The molecule has 184 valence electrons. The number of rotatable bonds is 10. The van der Waals surface area contributed by atoms with Crippen LogP contribution in [-0.4, -0.2) is 11.9 Å². The van der Waals surface area contributed by atoms with Gasteiger partial charge in [0, 0.05) is 12.2 Å². The first-order chi connectivity index (χ1) is 17.6. The van der Waals surface area contributed by atoms with Crippen LogP contribution in [0.4, 0.5) is 0 Å². The van der Waals surface area contributed by atoms with E-state index < -0.39 is 11.9 Å². The Morgan fingerprint density at radius 1 is 0.611 bits per heavy atom. The van der Waals surface area contributed by atoms with E-state index in [9.17, 15) is 9.59 Å². The minimum absolute atomic E-state index is 0.444. The first kappa shape index (κ1) is 25.2. The number of carbonyl (C=O) groups excluding carboxylic acids is 2. The van der Waals surface area contributed by atoms with Crippen LogP contribution < -0.4 is 9.47 Å². The average molecular weight is 481 g/mol. The normalized spacial score (nSPS) is 12.3. The van der Waals surface area contributed by atoms with Crippen LogP contribution >= 0.6 is 0 Å². The molecule has 4 rings (SSSR count). The summed E-state index contributed by atoms with van der Waals surface area (Å²) in [4.78, 5) is 22.7. The molecule has 0 amide bonds. The highest BCUT2D eigenvalue weighted by molar-refractivity contribution is 5.83. The summed E-state index contributed by atoms with van der Waals surface area (Å²) in [6.07, 6.45) is 11.0. The molecule has 3 aromatic rings. The lowest BCUT2D eigenvalue weighted by Crippen LogP contribution is -2.11. The number of aryl methyl sites for hydroxylation is 4. The van der Waals surface area contributed by atoms with Gasteiger partial charge < -0.3 is 9.47 Å². The summed E-state index contributed by atoms with van der Waals surface area (Å²) in [5, 5.41) is 0. The Kier molecular flexibility index (Phi) is 8.51. The predicted octanol–water partition coefficient (Wildman–Crippen LogP) is 6.32. The van der Waals surface area contributed by atoms with Crippen LogP contribution in [0.25, 0.3) is 0 Å². The van der Waals surface area contributed by atoms with Crippen molar-refractivity contribution in [2.75, 3.05) is 0 Å². The molecule has 0 radical (unpaired) electrons.